The number of hydrogen-bond acceptors (Lipinski definition) is 2. The third kappa shape index (κ3) is 8.85. The molecule has 0 fully saturated rings. The van der Waals surface area contributed by atoms with Crippen molar-refractivity contribution < 1.29 is 22.1 Å². The van der Waals surface area contributed by atoms with Gasteiger partial charge in [-0.3, -0.25) is 9.11 Å². The fraction of sp³-hybridized carbons (Fsp3) is 0.125. The normalized spacial score (nSPS) is 9.93. The van der Waals surface area contributed by atoms with E-state index in [4.69, 9.17) is 17.5 Å². The van der Waals surface area contributed by atoms with Crippen LogP contribution in [0.1, 0.15) is 5.56 Å². The van der Waals surface area contributed by atoms with Gasteiger partial charge in [0.2, 0.25) is 0 Å². The van der Waals surface area contributed by atoms with Crippen molar-refractivity contribution in [3.05, 3.63) is 36.7 Å². The summed E-state index contributed by atoms with van der Waals surface area (Å²) in [5.74, 6) is 0. The van der Waals surface area contributed by atoms with E-state index < -0.39 is 10.4 Å². The van der Waals surface area contributed by atoms with E-state index in [1.165, 1.54) is 0 Å². The summed E-state index contributed by atoms with van der Waals surface area (Å²) in [6.07, 6.45) is 5.83. The molecule has 0 radical (unpaired) electrons. The van der Waals surface area contributed by atoms with Crippen LogP contribution in [-0.2, 0) is 17.4 Å². The Labute approximate surface area is 82.9 Å². The standard InChI is InChI=1S/C8H10N.H2O4S/c1-3-8-4-6-9(2)7-5-8;1-5(2,3)4/h3-7H,1H2,2H3;(H2,1,2,3,4)/q+1;. The summed E-state index contributed by atoms with van der Waals surface area (Å²) < 4.78 is 33.6. The second-order valence-corrected chi connectivity index (χ2v) is 3.34. The van der Waals surface area contributed by atoms with Crippen LogP contribution in [0.15, 0.2) is 31.1 Å². The van der Waals surface area contributed by atoms with Crippen LogP contribution in [0.25, 0.3) is 6.08 Å². The van der Waals surface area contributed by atoms with Gasteiger partial charge < -0.3 is 0 Å². The lowest BCUT2D eigenvalue weighted by atomic mass is 10.3. The first-order valence-electron chi connectivity index (χ1n) is 3.60. The van der Waals surface area contributed by atoms with Crippen LogP contribution >= 0.6 is 0 Å². The van der Waals surface area contributed by atoms with Crippen molar-refractivity contribution in [2.45, 2.75) is 0 Å². The number of rotatable bonds is 1. The van der Waals surface area contributed by atoms with Crippen LogP contribution in [0.4, 0.5) is 0 Å². The molecule has 0 bridgehead atoms. The highest BCUT2D eigenvalue weighted by Crippen LogP contribution is 1.94. The molecule has 1 heterocycles. The van der Waals surface area contributed by atoms with E-state index in [0.29, 0.717) is 0 Å². The smallest absolute Gasteiger partial charge is 0.264 e. The Hall–Kier alpha value is -1.24. The lowest BCUT2D eigenvalue weighted by molar-refractivity contribution is -0.671. The maximum Gasteiger partial charge on any atom is 0.394 e. The van der Waals surface area contributed by atoms with Crippen molar-refractivity contribution >= 4 is 16.5 Å². The molecule has 78 valence electrons. The minimum atomic E-state index is -4.67. The summed E-state index contributed by atoms with van der Waals surface area (Å²) in [6, 6.07) is 4.04. The molecule has 14 heavy (non-hydrogen) atoms. The van der Waals surface area contributed by atoms with Crippen LogP contribution in [0, 0.1) is 0 Å². The van der Waals surface area contributed by atoms with Gasteiger partial charge in [0.1, 0.15) is 7.05 Å². The van der Waals surface area contributed by atoms with E-state index in [2.05, 4.69) is 6.58 Å². The number of hydrogen-bond donors (Lipinski definition) is 2. The van der Waals surface area contributed by atoms with Crippen molar-refractivity contribution in [2.24, 2.45) is 7.05 Å². The molecule has 0 unspecified atom stereocenters. The molecule has 5 nitrogen and oxygen atoms in total. The molecule has 0 saturated heterocycles. The molecular formula is C8H12NO4S+. The van der Waals surface area contributed by atoms with Crippen molar-refractivity contribution in [1.29, 1.82) is 0 Å². The average molecular weight is 218 g/mol. The molecule has 0 aromatic carbocycles. The second-order valence-electron chi connectivity index (χ2n) is 2.45. The molecule has 0 atom stereocenters. The van der Waals surface area contributed by atoms with Crippen LogP contribution in [0.2, 0.25) is 0 Å². The number of aryl methyl sites for hydroxylation is 1. The summed E-state index contributed by atoms with van der Waals surface area (Å²) in [6.45, 7) is 3.65. The molecule has 0 amide bonds. The highest BCUT2D eigenvalue weighted by Gasteiger charge is 1.87. The van der Waals surface area contributed by atoms with Gasteiger partial charge in [-0.25, -0.2) is 4.57 Å². The maximum absolute atomic E-state index is 8.74. The highest BCUT2D eigenvalue weighted by molar-refractivity contribution is 7.79. The molecule has 0 aliphatic carbocycles. The quantitative estimate of drug-likeness (QED) is 0.531. The van der Waals surface area contributed by atoms with Gasteiger partial charge in [0, 0.05) is 12.1 Å². The number of pyridine rings is 1. The van der Waals surface area contributed by atoms with Gasteiger partial charge >= 0.3 is 10.4 Å². The van der Waals surface area contributed by atoms with Crippen LogP contribution in [0.5, 0.6) is 0 Å². The Morgan fingerprint density at radius 1 is 1.36 bits per heavy atom. The second kappa shape index (κ2) is 5.48. The molecule has 6 heteroatoms. The number of aromatic nitrogens is 1. The maximum atomic E-state index is 8.74. The molecule has 1 aromatic rings. The first-order valence-corrected chi connectivity index (χ1v) is 5.00. The third-order valence-electron chi connectivity index (χ3n) is 1.24. The zero-order chi connectivity index (χ0) is 11.2. The van der Waals surface area contributed by atoms with Gasteiger partial charge in [-0.05, 0) is 5.56 Å². The molecule has 1 aromatic heterocycles. The van der Waals surface area contributed by atoms with Crippen LogP contribution in [-0.4, -0.2) is 17.5 Å². The summed E-state index contributed by atoms with van der Waals surface area (Å²) >= 11 is 0. The fourth-order valence-electron chi connectivity index (χ4n) is 0.649. The molecular weight excluding hydrogens is 206 g/mol. The largest absolute Gasteiger partial charge is 0.394 e. The SMILES string of the molecule is C=Cc1cc[n+](C)cc1.O=S(=O)(O)O. The molecule has 0 aliphatic heterocycles. The fourth-order valence-corrected chi connectivity index (χ4v) is 0.649. The summed E-state index contributed by atoms with van der Waals surface area (Å²) in [7, 11) is -2.67. The Morgan fingerprint density at radius 3 is 2.00 bits per heavy atom. The van der Waals surface area contributed by atoms with E-state index in [1.54, 1.807) is 0 Å². The summed E-state index contributed by atoms with van der Waals surface area (Å²) in [5.41, 5.74) is 1.16. The first kappa shape index (κ1) is 12.8. The van der Waals surface area contributed by atoms with Crippen LogP contribution < -0.4 is 4.57 Å². The highest BCUT2D eigenvalue weighted by atomic mass is 32.3. The van der Waals surface area contributed by atoms with Crippen molar-refractivity contribution in [1.82, 2.24) is 0 Å². The Kier molecular flexibility index (Phi) is 5.00. The Balaban J connectivity index is 0.000000292. The van der Waals surface area contributed by atoms with E-state index in [0.717, 1.165) is 5.56 Å². The van der Waals surface area contributed by atoms with Gasteiger partial charge in [-0.1, -0.05) is 12.7 Å². The average Bonchev–Trinajstić information content (AvgIpc) is 2.03. The Bertz CT molecular complexity index is 374. The first-order chi connectivity index (χ1) is 6.33. The topological polar surface area (TPSA) is 78.5 Å². The lowest BCUT2D eigenvalue weighted by Crippen LogP contribution is -2.25. The molecule has 0 aliphatic rings. The predicted octanol–water partition coefficient (Wildman–Crippen LogP) is 0.501. The minimum absolute atomic E-state index is 1.16. The monoisotopic (exact) mass is 218 g/mol. The Morgan fingerprint density at radius 2 is 1.71 bits per heavy atom. The molecule has 0 spiro atoms. The van der Waals surface area contributed by atoms with Gasteiger partial charge in [0.15, 0.2) is 12.4 Å². The predicted molar refractivity (Wildman–Crippen MR) is 51.9 cm³/mol. The van der Waals surface area contributed by atoms with Crippen molar-refractivity contribution in [2.75, 3.05) is 0 Å². The summed E-state index contributed by atoms with van der Waals surface area (Å²) in [5, 5.41) is 0. The van der Waals surface area contributed by atoms with Crippen molar-refractivity contribution in [3.63, 3.8) is 0 Å². The molecule has 1 rings (SSSR count). The minimum Gasteiger partial charge on any atom is -0.264 e. The zero-order valence-corrected chi connectivity index (χ0v) is 8.48. The number of nitrogens with zero attached hydrogens (tertiary/aromatic N) is 1. The van der Waals surface area contributed by atoms with Gasteiger partial charge in [0.05, 0.1) is 0 Å². The van der Waals surface area contributed by atoms with E-state index in [1.807, 2.05) is 42.2 Å². The van der Waals surface area contributed by atoms with Crippen molar-refractivity contribution in [3.8, 4) is 0 Å². The van der Waals surface area contributed by atoms with Gasteiger partial charge in [-0.2, -0.15) is 8.42 Å². The van der Waals surface area contributed by atoms with Gasteiger partial charge in [0.25, 0.3) is 0 Å². The zero-order valence-electron chi connectivity index (χ0n) is 7.66. The summed E-state index contributed by atoms with van der Waals surface area (Å²) in [4.78, 5) is 0. The van der Waals surface area contributed by atoms with E-state index >= 15 is 0 Å². The van der Waals surface area contributed by atoms with E-state index in [9.17, 15) is 0 Å². The molecule has 2 N–H and O–H groups in total. The third-order valence-corrected chi connectivity index (χ3v) is 1.24. The van der Waals surface area contributed by atoms with Crippen LogP contribution in [0.3, 0.4) is 0 Å². The molecule has 0 saturated carbocycles. The van der Waals surface area contributed by atoms with Gasteiger partial charge in [-0.15, -0.1) is 0 Å². The lowest BCUT2D eigenvalue weighted by Gasteiger charge is -1.86. The van der Waals surface area contributed by atoms with E-state index in [-0.39, 0.29) is 0 Å².